The molecule has 1 aromatic heterocycles. The van der Waals surface area contributed by atoms with Gasteiger partial charge in [-0.05, 0) is 41.1 Å². The van der Waals surface area contributed by atoms with Crippen LogP contribution in [0.15, 0.2) is 39.2 Å². The quantitative estimate of drug-likeness (QED) is 0.904. The Balaban J connectivity index is 2.09. The van der Waals surface area contributed by atoms with E-state index >= 15 is 0 Å². The molecule has 0 fully saturated rings. The van der Waals surface area contributed by atoms with E-state index in [0.717, 1.165) is 10.2 Å². The van der Waals surface area contributed by atoms with Gasteiger partial charge >= 0.3 is 5.97 Å². The van der Waals surface area contributed by atoms with E-state index in [-0.39, 0.29) is 5.76 Å². The summed E-state index contributed by atoms with van der Waals surface area (Å²) in [5.41, 5.74) is 1.56. The van der Waals surface area contributed by atoms with E-state index in [1.807, 2.05) is 24.3 Å². The molecule has 2 N–H and O–H groups in total. The van der Waals surface area contributed by atoms with Gasteiger partial charge in [-0.15, -0.1) is 0 Å². The third-order valence-electron chi connectivity index (χ3n) is 2.49. The van der Waals surface area contributed by atoms with Crippen molar-refractivity contribution in [1.82, 2.24) is 0 Å². The standard InChI is InChI=1S/C13H12BrNO3/c1-8-6-9(18-12(8)13(16)17)7-15-11-5-3-2-4-10(11)14/h2-6,15H,7H2,1H3,(H,16,17). The van der Waals surface area contributed by atoms with Gasteiger partial charge in [0.2, 0.25) is 5.76 Å². The molecule has 2 rings (SSSR count). The number of aromatic carboxylic acids is 1. The van der Waals surface area contributed by atoms with Crippen LogP contribution in [0.4, 0.5) is 5.69 Å². The molecule has 0 atom stereocenters. The minimum absolute atomic E-state index is 0.000993. The van der Waals surface area contributed by atoms with Crippen LogP contribution in [0.25, 0.3) is 0 Å². The lowest BCUT2D eigenvalue weighted by molar-refractivity contribution is 0.0659. The van der Waals surface area contributed by atoms with Crippen molar-refractivity contribution < 1.29 is 14.3 Å². The van der Waals surface area contributed by atoms with Gasteiger partial charge in [0.1, 0.15) is 5.76 Å². The van der Waals surface area contributed by atoms with Crippen molar-refractivity contribution in [1.29, 1.82) is 0 Å². The molecule has 18 heavy (non-hydrogen) atoms. The van der Waals surface area contributed by atoms with Gasteiger partial charge in [0.05, 0.1) is 6.54 Å². The van der Waals surface area contributed by atoms with E-state index in [9.17, 15) is 4.79 Å². The summed E-state index contributed by atoms with van der Waals surface area (Å²) in [5.74, 6) is -0.445. The molecule has 1 heterocycles. The second-order valence-electron chi connectivity index (χ2n) is 3.86. The number of furan rings is 1. The molecule has 0 aliphatic heterocycles. The molecule has 0 aliphatic carbocycles. The topological polar surface area (TPSA) is 62.5 Å². The molecule has 0 bridgehead atoms. The minimum Gasteiger partial charge on any atom is -0.475 e. The Morgan fingerprint density at radius 2 is 2.17 bits per heavy atom. The molecular weight excluding hydrogens is 298 g/mol. The van der Waals surface area contributed by atoms with Crippen LogP contribution in [0.2, 0.25) is 0 Å². The van der Waals surface area contributed by atoms with Crippen LogP contribution >= 0.6 is 15.9 Å². The summed E-state index contributed by atoms with van der Waals surface area (Å²) in [6.07, 6.45) is 0. The molecular formula is C13H12BrNO3. The highest BCUT2D eigenvalue weighted by atomic mass is 79.9. The molecule has 0 radical (unpaired) electrons. The van der Waals surface area contributed by atoms with Crippen molar-refractivity contribution >= 4 is 27.6 Å². The van der Waals surface area contributed by atoms with Crippen LogP contribution in [-0.2, 0) is 6.54 Å². The van der Waals surface area contributed by atoms with Gasteiger partial charge < -0.3 is 14.8 Å². The zero-order valence-corrected chi connectivity index (χ0v) is 11.3. The Kier molecular flexibility index (Phi) is 3.72. The fraction of sp³-hybridized carbons (Fsp3) is 0.154. The van der Waals surface area contributed by atoms with Crippen molar-refractivity contribution in [2.75, 3.05) is 5.32 Å². The summed E-state index contributed by atoms with van der Waals surface area (Å²) >= 11 is 3.43. The highest BCUT2D eigenvalue weighted by Crippen LogP contribution is 2.22. The third-order valence-corrected chi connectivity index (χ3v) is 3.18. The molecule has 0 aliphatic rings. The van der Waals surface area contributed by atoms with Crippen LogP contribution in [-0.4, -0.2) is 11.1 Å². The number of hydrogen-bond acceptors (Lipinski definition) is 3. The van der Waals surface area contributed by atoms with Crippen LogP contribution in [0.1, 0.15) is 21.9 Å². The largest absolute Gasteiger partial charge is 0.475 e. The van der Waals surface area contributed by atoms with Gasteiger partial charge in [-0.2, -0.15) is 0 Å². The highest BCUT2D eigenvalue weighted by Gasteiger charge is 2.14. The molecule has 0 spiro atoms. The number of carboxylic acids is 1. The molecule has 5 heteroatoms. The summed E-state index contributed by atoms with van der Waals surface area (Å²) in [6, 6.07) is 9.43. The lowest BCUT2D eigenvalue weighted by atomic mass is 10.2. The Morgan fingerprint density at radius 1 is 1.44 bits per heavy atom. The van der Waals surface area contributed by atoms with E-state index in [1.54, 1.807) is 13.0 Å². The first kappa shape index (κ1) is 12.7. The molecule has 0 unspecified atom stereocenters. The van der Waals surface area contributed by atoms with Gasteiger partial charge in [0, 0.05) is 15.7 Å². The zero-order valence-electron chi connectivity index (χ0n) is 9.74. The first-order chi connectivity index (χ1) is 8.58. The Morgan fingerprint density at radius 3 is 2.78 bits per heavy atom. The normalized spacial score (nSPS) is 10.3. The van der Waals surface area contributed by atoms with Crippen LogP contribution in [0.5, 0.6) is 0 Å². The van der Waals surface area contributed by atoms with Crippen molar-refractivity contribution in [3.05, 3.63) is 51.9 Å². The predicted octanol–water partition coefficient (Wildman–Crippen LogP) is 3.66. The maximum absolute atomic E-state index is 10.8. The van der Waals surface area contributed by atoms with Gasteiger partial charge in [-0.3, -0.25) is 0 Å². The first-order valence-electron chi connectivity index (χ1n) is 5.39. The van der Waals surface area contributed by atoms with Crippen molar-refractivity contribution in [3.8, 4) is 0 Å². The van der Waals surface area contributed by atoms with Crippen molar-refractivity contribution in [2.45, 2.75) is 13.5 Å². The lowest BCUT2D eigenvalue weighted by Gasteiger charge is -2.05. The SMILES string of the molecule is Cc1cc(CNc2ccccc2Br)oc1C(=O)O. The number of carboxylic acid groups (broad SMARTS) is 1. The maximum Gasteiger partial charge on any atom is 0.372 e. The molecule has 0 saturated carbocycles. The average molecular weight is 310 g/mol. The highest BCUT2D eigenvalue weighted by molar-refractivity contribution is 9.10. The fourth-order valence-electron chi connectivity index (χ4n) is 1.63. The summed E-state index contributed by atoms with van der Waals surface area (Å²) in [7, 11) is 0. The number of carbonyl (C=O) groups is 1. The van der Waals surface area contributed by atoms with E-state index < -0.39 is 5.97 Å². The Bertz CT molecular complexity index is 577. The maximum atomic E-state index is 10.8. The number of benzene rings is 1. The molecule has 0 saturated heterocycles. The van der Waals surface area contributed by atoms with E-state index in [4.69, 9.17) is 9.52 Å². The number of para-hydroxylation sites is 1. The second-order valence-corrected chi connectivity index (χ2v) is 4.72. The van der Waals surface area contributed by atoms with Crippen LogP contribution in [0.3, 0.4) is 0 Å². The number of aryl methyl sites for hydroxylation is 1. The fourth-order valence-corrected chi connectivity index (χ4v) is 2.06. The summed E-state index contributed by atoms with van der Waals surface area (Å²) < 4.78 is 6.21. The second kappa shape index (κ2) is 5.27. The summed E-state index contributed by atoms with van der Waals surface area (Å²) in [4.78, 5) is 10.8. The molecule has 1 aromatic carbocycles. The van der Waals surface area contributed by atoms with Gasteiger partial charge in [-0.25, -0.2) is 4.79 Å². The van der Waals surface area contributed by atoms with Crippen molar-refractivity contribution in [3.63, 3.8) is 0 Å². The van der Waals surface area contributed by atoms with Gasteiger partial charge in [0.15, 0.2) is 0 Å². The zero-order chi connectivity index (χ0) is 13.1. The summed E-state index contributed by atoms with van der Waals surface area (Å²) in [5, 5.41) is 12.1. The lowest BCUT2D eigenvalue weighted by Crippen LogP contribution is -1.99. The molecule has 2 aromatic rings. The Labute approximate surface area is 113 Å². The van der Waals surface area contributed by atoms with Gasteiger partial charge in [0.25, 0.3) is 0 Å². The average Bonchev–Trinajstić information content (AvgIpc) is 2.70. The van der Waals surface area contributed by atoms with E-state index in [2.05, 4.69) is 21.2 Å². The van der Waals surface area contributed by atoms with E-state index in [0.29, 0.717) is 17.9 Å². The monoisotopic (exact) mass is 309 g/mol. The molecule has 0 amide bonds. The number of halogens is 1. The Hall–Kier alpha value is -1.75. The summed E-state index contributed by atoms with van der Waals surface area (Å²) in [6.45, 7) is 2.16. The van der Waals surface area contributed by atoms with Gasteiger partial charge in [-0.1, -0.05) is 12.1 Å². The first-order valence-corrected chi connectivity index (χ1v) is 6.18. The van der Waals surface area contributed by atoms with Crippen LogP contribution < -0.4 is 5.32 Å². The number of nitrogens with one attached hydrogen (secondary N) is 1. The molecule has 94 valence electrons. The predicted molar refractivity (Wildman–Crippen MR) is 71.9 cm³/mol. The minimum atomic E-state index is -1.04. The number of anilines is 1. The van der Waals surface area contributed by atoms with Crippen molar-refractivity contribution in [2.24, 2.45) is 0 Å². The van der Waals surface area contributed by atoms with E-state index in [1.165, 1.54) is 0 Å². The smallest absolute Gasteiger partial charge is 0.372 e. The number of rotatable bonds is 4. The number of hydrogen-bond donors (Lipinski definition) is 2. The third kappa shape index (κ3) is 2.73. The van der Waals surface area contributed by atoms with Crippen LogP contribution in [0, 0.1) is 6.92 Å². The molecule has 4 nitrogen and oxygen atoms in total.